The topological polar surface area (TPSA) is 30.0 Å². The molecule has 1 heterocycles. The number of aromatic nitrogens is 1. The number of thiazole rings is 1. The monoisotopic (exact) mass is 237 g/mol. The Balaban J connectivity index is 2.41. The van der Waals surface area contributed by atoms with Crippen molar-refractivity contribution in [2.45, 2.75) is 32.4 Å². The third-order valence-electron chi connectivity index (χ3n) is 1.86. The molecule has 0 aliphatic rings. The molecule has 1 aromatic rings. The van der Waals surface area contributed by atoms with E-state index in [1.807, 2.05) is 0 Å². The molecule has 84 valence electrons. The first-order valence-electron chi connectivity index (χ1n) is 4.40. The standard InChI is InChI=1S/C9H10F3NOS/c1-6-8(15-5-13-6)7(14)3-2-4-9(10,11)12/h5H,2-4H2,1H3. The van der Waals surface area contributed by atoms with Gasteiger partial charge in [0.15, 0.2) is 5.78 Å². The second-order valence-corrected chi connectivity index (χ2v) is 4.01. The Hall–Kier alpha value is -0.910. The van der Waals surface area contributed by atoms with Gasteiger partial charge >= 0.3 is 6.18 Å². The average molecular weight is 237 g/mol. The van der Waals surface area contributed by atoms with E-state index in [-0.39, 0.29) is 18.6 Å². The van der Waals surface area contributed by atoms with Crippen molar-refractivity contribution in [3.05, 3.63) is 16.1 Å². The van der Waals surface area contributed by atoms with Gasteiger partial charge in [-0.25, -0.2) is 4.98 Å². The van der Waals surface area contributed by atoms with Gasteiger partial charge in [-0.3, -0.25) is 4.79 Å². The average Bonchev–Trinajstić information content (AvgIpc) is 2.48. The summed E-state index contributed by atoms with van der Waals surface area (Å²) < 4.78 is 35.4. The van der Waals surface area contributed by atoms with Gasteiger partial charge in [-0.1, -0.05) is 0 Å². The minimum absolute atomic E-state index is 0.0669. The maximum absolute atomic E-state index is 11.8. The molecular formula is C9H10F3NOS. The molecule has 0 saturated heterocycles. The summed E-state index contributed by atoms with van der Waals surface area (Å²) in [6.07, 6.45) is -5.30. The molecule has 0 spiro atoms. The summed E-state index contributed by atoms with van der Waals surface area (Å²) in [5.74, 6) is -0.251. The quantitative estimate of drug-likeness (QED) is 0.751. The fraction of sp³-hybridized carbons (Fsp3) is 0.556. The van der Waals surface area contributed by atoms with Crippen LogP contribution >= 0.6 is 11.3 Å². The summed E-state index contributed by atoms with van der Waals surface area (Å²) in [6.45, 7) is 1.67. The Morgan fingerprint density at radius 3 is 2.67 bits per heavy atom. The first kappa shape index (κ1) is 12.2. The van der Waals surface area contributed by atoms with Crippen LogP contribution in [0.25, 0.3) is 0 Å². The van der Waals surface area contributed by atoms with E-state index < -0.39 is 12.6 Å². The molecule has 15 heavy (non-hydrogen) atoms. The number of rotatable bonds is 4. The van der Waals surface area contributed by atoms with Crippen molar-refractivity contribution < 1.29 is 18.0 Å². The Morgan fingerprint density at radius 2 is 2.20 bits per heavy atom. The zero-order valence-electron chi connectivity index (χ0n) is 8.10. The number of ketones is 1. The van der Waals surface area contributed by atoms with E-state index >= 15 is 0 Å². The molecule has 0 atom stereocenters. The molecule has 0 saturated carbocycles. The smallest absolute Gasteiger partial charge is 0.293 e. The number of carbonyl (C=O) groups is 1. The molecular weight excluding hydrogens is 227 g/mol. The third-order valence-corrected chi connectivity index (χ3v) is 2.83. The molecule has 0 bridgehead atoms. The fourth-order valence-electron chi connectivity index (χ4n) is 1.13. The van der Waals surface area contributed by atoms with Gasteiger partial charge < -0.3 is 0 Å². The van der Waals surface area contributed by atoms with E-state index in [1.54, 1.807) is 6.92 Å². The predicted molar refractivity (Wildman–Crippen MR) is 51.1 cm³/mol. The van der Waals surface area contributed by atoms with Gasteiger partial charge in [-0.05, 0) is 13.3 Å². The maximum atomic E-state index is 11.8. The number of halogens is 3. The maximum Gasteiger partial charge on any atom is 0.389 e. The third kappa shape index (κ3) is 3.99. The van der Waals surface area contributed by atoms with Crippen molar-refractivity contribution in [1.82, 2.24) is 4.98 Å². The zero-order chi connectivity index (χ0) is 11.5. The number of hydrogen-bond acceptors (Lipinski definition) is 3. The summed E-state index contributed by atoms with van der Waals surface area (Å²) in [4.78, 5) is 15.8. The molecule has 0 N–H and O–H groups in total. The van der Waals surface area contributed by atoms with Crippen molar-refractivity contribution in [3.8, 4) is 0 Å². The fourth-order valence-corrected chi connectivity index (χ4v) is 1.91. The molecule has 1 aromatic heterocycles. The van der Waals surface area contributed by atoms with Crippen molar-refractivity contribution in [3.63, 3.8) is 0 Å². The van der Waals surface area contributed by atoms with Crippen molar-refractivity contribution in [2.75, 3.05) is 0 Å². The molecule has 2 nitrogen and oxygen atoms in total. The highest BCUT2D eigenvalue weighted by Gasteiger charge is 2.26. The van der Waals surface area contributed by atoms with Crippen molar-refractivity contribution in [2.24, 2.45) is 0 Å². The molecule has 6 heteroatoms. The number of hydrogen-bond donors (Lipinski definition) is 0. The van der Waals surface area contributed by atoms with Gasteiger partial charge in [-0.15, -0.1) is 11.3 Å². The highest BCUT2D eigenvalue weighted by Crippen LogP contribution is 2.23. The molecule has 0 unspecified atom stereocenters. The van der Waals surface area contributed by atoms with Crippen molar-refractivity contribution >= 4 is 17.1 Å². The van der Waals surface area contributed by atoms with Crippen LogP contribution in [0, 0.1) is 6.92 Å². The van der Waals surface area contributed by atoms with E-state index in [0.29, 0.717) is 10.6 Å². The van der Waals surface area contributed by atoms with Crippen LogP contribution in [-0.2, 0) is 0 Å². The normalized spacial score (nSPS) is 11.7. The van der Waals surface area contributed by atoms with E-state index in [0.717, 1.165) is 0 Å². The highest BCUT2D eigenvalue weighted by molar-refractivity contribution is 7.11. The first-order valence-corrected chi connectivity index (χ1v) is 5.28. The highest BCUT2D eigenvalue weighted by atomic mass is 32.1. The lowest BCUT2D eigenvalue weighted by Gasteiger charge is -2.04. The number of nitrogens with zero attached hydrogens (tertiary/aromatic N) is 1. The summed E-state index contributed by atoms with van der Waals surface area (Å²) in [6, 6.07) is 0. The van der Waals surface area contributed by atoms with Crippen LogP contribution in [0.2, 0.25) is 0 Å². The van der Waals surface area contributed by atoms with Gasteiger partial charge in [0.05, 0.1) is 16.1 Å². The van der Waals surface area contributed by atoms with Crippen LogP contribution in [0.1, 0.15) is 34.6 Å². The second-order valence-electron chi connectivity index (χ2n) is 3.16. The molecule has 0 fully saturated rings. The summed E-state index contributed by atoms with van der Waals surface area (Å²) in [7, 11) is 0. The summed E-state index contributed by atoms with van der Waals surface area (Å²) in [5.41, 5.74) is 2.11. The molecule has 0 aliphatic heterocycles. The van der Waals surface area contributed by atoms with Crippen LogP contribution in [0.15, 0.2) is 5.51 Å². The first-order chi connectivity index (χ1) is 6.90. The molecule has 0 aliphatic carbocycles. The summed E-state index contributed by atoms with van der Waals surface area (Å²) >= 11 is 1.17. The Labute approximate surface area is 89.1 Å². The van der Waals surface area contributed by atoms with Gasteiger partial charge in [0.2, 0.25) is 0 Å². The largest absolute Gasteiger partial charge is 0.389 e. The molecule has 0 amide bonds. The lowest BCUT2D eigenvalue weighted by atomic mass is 10.1. The number of Topliss-reactive ketones (excluding diaryl/α,β-unsaturated/α-hetero) is 1. The minimum atomic E-state index is -4.18. The molecule has 0 radical (unpaired) electrons. The van der Waals surface area contributed by atoms with E-state index in [2.05, 4.69) is 4.98 Å². The van der Waals surface area contributed by atoms with E-state index in [4.69, 9.17) is 0 Å². The van der Waals surface area contributed by atoms with Gasteiger partial charge in [0.25, 0.3) is 0 Å². The van der Waals surface area contributed by atoms with Crippen LogP contribution in [0.3, 0.4) is 0 Å². The predicted octanol–water partition coefficient (Wildman–Crippen LogP) is 3.37. The van der Waals surface area contributed by atoms with E-state index in [9.17, 15) is 18.0 Å². The number of alkyl halides is 3. The SMILES string of the molecule is Cc1ncsc1C(=O)CCCC(F)(F)F. The molecule has 0 aromatic carbocycles. The van der Waals surface area contributed by atoms with Gasteiger partial charge in [0, 0.05) is 12.8 Å². The Morgan fingerprint density at radius 1 is 1.53 bits per heavy atom. The van der Waals surface area contributed by atoms with Gasteiger partial charge in [-0.2, -0.15) is 13.2 Å². The zero-order valence-corrected chi connectivity index (χ0v) is 8.91. The number of carbonyl (C=O) groups excluding carboxylic acids is 1. The van der Waals surface area contributed by atoms with Gasteiger partial charge in [0.1, 0.15) is 0 Å². The Kier molecular flexibility index (Phi) is 3.84. The Bertz CT molecular complexity index is 345. The van der Waals surface area contributed by atoms with E-state index in [1.165, 1.54) is 16.8 Å². The lowest BCUT2D eigenvalue weighted by Crippen LogP contribution is -2.08. The van der Waals surface area contributed by atoms with Crippen molar-refractivity contribution in [1.29, 1.82) is 0 Å². The molecule has 1 rings (SSSR count). The van der Waals surface area contributed by atoms with Crippen LogP contribution in [0.4, 0.5) is 13.2 Å². The van der Waals surface area contributed by atoms with Crippen LogP contribution in [0.5, 0.6) is 0 Å². The second kappa shape index (κ2) is 4.74. The van der Waals surface area contributed by atoms with Crippen LogP contribution < -0.4 is 0 Å². The summed E-state index contributed by atoms with van der Waals surface area (Å²) in [5, 5.41) is 0. The lowest BCUT2D eigenvalue weighted by molar-refractivity contribution is -0.135. The van der Waals surface area contributed by atoms with Crippen LogP contribution in [-0.4, -0.2) is 16.9 Å². The minimum Gasteiger partial charge on any atom is -0.293 e. The number of aryl methyl sites for hydroxylation is 1.